The van der Waals surface area contributed by atoms with Crippen LogP contribution in [-0.2, 0) is 16.8 Å². The molecule has 0 saturated carbocycles. The van der Waals surface area contributed by atoms with E-state index in [2.05, 4.69) is 42.2 Å². The summed E-state index contributed by atoms with van der Waals surface area (Å²) in [6, 6.07) is 23.5. The molecule has 1 saturated heterocycles. The normalized spacial score (nSPS) is 21.4. The Bertz CT molecular complexity index is 1470. The van der Waals surface area contributed by atoms with Crippen molar-refractivity contribution in [3.05, 3.63) is 95.2 Å². The molecule has 0 aliphatic carbocycles. The van der Waals surface area contributed by atoms with Crippen LogP contribution in [0.25, 0.3) is 10.9 Å². The van der Waals surface area contributed by atoms with Gasteiger partial charge in [0.2, 0.25) is 0 Å². The van der Waals surface area contributed by atoms with Crippen LogP contribution in [0.4, 0.5) is 10.5 Å². The molecule has 1 N–H and O–H groups in total. The number of H-pyrrole nitrogens is 1. The number of para-hydroxylation sites is 1. The maximum absolute atomic E-state index is 14.0. The van der Waals surface area contributed by atoms with Gasteiger partial charge in [0.05, 0.1) is 18.5 Å². The number of nitrogens with one attached hydrogen (secondary N) is 1. The Morgan fingerprint density at radius 3 is 2.54 bits per heavy atom. The Labute approximate surface area is 204 Å². The van der Waals surface area contributed by atoms with E-state index in [-0.39, 0.29) is 17.9 Å². The molecule has 1 aromatic heterocycles. The summed E-state index contributed by atoms with van der Waals surface area (Å²) < 4.78 is 5.35. The van der Waals surface area contributed by atoms with Gasteiger partial charge in [0.25, 0.3) is 5.91 Å². The van der Waals surface area contributed by atoms with Crippen LogP contribution in [0.1, 0.15) is 42.1 Å². The second kappa shape index (κ2) is 7.73. The summed E-state index contributed by atoms with van der Waals surface area (Å²) in [5.41, 5.74) is 4.64. The number of carbonyl (C=O) groups is 2. The molecule has 4 aromatic rings. The molecule has 2 aliphatic rings. The maximum Gasteiger partial charge on any atom is 0.332 e. The number of aryl methyl sites for hydroxylation is 1. The molecule has 1 fully saturated rings. The summed E-state index contributed by atoms with van der Waals surface area (Å²) in [5.74, 6) is 0.281. The van der Waals surface area contributed by atoms with Crippen LogP contribution >= 0.6 is 0 Å². The van der Waals surface area contributed by atoms with Gasteiger partial charge in [-0.05, 0) is 48.2 Å². The number of methoxy groups -OCH3 is 1. The highest BCUT2D eigenvalue weighted by Gasteiger charge is 2.60. The number of hydrogen-bond donors (Lipinski definition) is 1. The zero-order chi connectivity index (χ0) is 24.3. The van der Waals surface area contributed by atoms with Crippen molar-refractivity contribution < 1.29 is 14.3 Å². The van der Waals surface area contributed by atoms with E-state index in [1.807, 2.05) is 25.1 Å². The molecule has 0 bridgehead atoms. The van der Waals surface area contributed by atoms with Crippen LogP contribution in [-0.4, -0.2) is 35.5 Å². The molecule has 0 spiro atoms. The number of aromatic amines is 1. The number of hydrogen-bond acceptors (Lipinski definition) is 3. The van der Waals surface area contributed by atoms with Gasteiger partial charge in [0.15, 0.2) is 5.54 Å². The van der Waals surface area contributed by atoms with Crippen LogP contribution in [0.5, 0.6) is 5.75 Å². The van der Waals surface area contributed by atoms with Crippen molar-refractivity contribution in [2.24, 2.45) is 0 Å². The van der Waals surface area contributed by atoms with Gasteiger partial charge in [0, 0.05) is 29.4 Å². The molecular weight excluding hydrogens is 438 g/mol. The predicted molar refractivity (Wildman–Crippen MR) is 136 cm³/mol. The molecule has 1 unspecified atom stereocenters. The Balaban J connectivity index is 1.55. The van der Waals surface area contributed by atoms with Gasteiger partial charge < -0.3 is 14.6 Å². The zero-order valence-corrected chi connectivity index (χ0v) is 20.0. The summed E-state index contributed by atoms with van der Waals surface area (Å²) in [7, 11) is 1.57. The Morgan fingerprint density at radius 2 is 1.80 bits per heavy atom. The third kappa shape index (κ3) is 2.95. The third-order valence-electron chi connectivity index (χ3n) is 7.63. The van der Waals surface area contributed by atoms with Crippen LogP contribution in [0.15, 0.2) is 72.8 Å². The van der Waals surface area contributed by atoms with Crippen molar-refractivity contribution in [1.82, 2.24) is 9.88 Å². The van der Waals surface area contributed by atoms with Gasteiger partial charge >= 0.3 is 6.03 Å². The van der Waals surface area contributed by atoms with Crippen LogP contribution in [0.3, 0.4) is 0 Å². The minimum absolute atomic E-state index is 0.0536. The number of nitrogens with zero attached hydrogens (tertiary/aromatic N) is 2. The number of benzene rings is 3. The average molecular weight is 466 g/mol. The number of fused-ring (bicyclic) bond motifs is 5. The van der Waals surface area contributed by atoms with Crippen LogP contribution in [0.2, 0.25) is 0 Å². The number of aromatic nitrogens is 1. The van der Waals surface area contributed by atoms with E-state index < -0.39 is 5.54 Å². The van der Waals surface area contributed by atoms with E-state index in [0.717, 1.165) is 34.1 Å². The fourth-order valence-electron chi connectivity index (χ4n) is 5.65. The van der Waals surface area contributed by atoms with Gasteiger partial charge in [0.1, 0.15) is 5.75 Å². The van der Waals surface area contributed by atoms with Crippen LogP contribution < -0.4 is 9.64 Å². The van der Waals surface area contributed by atoms with Crippen molar-refractivity contribution in [1.29, 1.82) is 0 Å². The van der Waals surface area contributed by atoms with Gasteiger partial charge in [-0.2, -0.15) is 0 Å². The van der Waals surface area contributed by atoms with E-state index in [9.17, 15) is 9.59 Å². The predicted octanol–water partition coefficient (Wildman–Crippen LogP) is 5.57. The fourth-order valence-corrected chi connectivity index (χ4v) is 5.65. The van der Waals surface area contributed by atoms with Gasteiger partial charge in [-0.25, -0.2) is 9.69 Å². The van der Waals surface area contributed by atoms with E-state index >= 15 is 0 Å². The van der Waals surface area contributed by atoms with Crippen LogP contribution in [0, 0.1) is 0 Å². The Morgan fingerprint density at radius 1 is 1.03 bits per heavy atom. The SMILES string of the molecule is CCc1ccc(C2CN3C(=O)N(c4cccc(OC)c4)C(=O)[C@]3(C)c3[nH]c4ccccc4c32)cc1. The fraction of sp³-hybridized carbons (Fsp3) is 0.241. The lowest BCUT2D eigenvalue weighted by Gasteiger charge is -2.40. The summed E-state index contributed by atoms with van der Waals surface area (Å²) in [6.07, 6.45) is 0.968. The zero-order valence-electron chi connectivity index (χ0n) is 20.0. The molecule has 2 aliphatic heterocycles. The van der Waals surface area contributed by atoms with Crippen molar-refractivity contribution in [2.75, 3.05) is 18.6 Å². The molecule has 3 amide bonds. The Hall–Kier alpha value is -4.06. The number of anilines is 1. The second-order valence-corrected chi connectivity index (χ2v) is 9.41. The molecule has 6 nitrogen and oxygen atoms in total. The minimum Gasteiger partial charge on any atom is -0.497 e. The lowest BCUT2D eigenvalue weighted by atomic mass is 9.78. The topological polar surface area (TPSA) is 65.6 Å². The molecule has 6 rings (SSSR count). The smallest absolute Gasteiger partial charge is 0.332 e. The first-order chi connectivity index (χ1) is 17.0. The monoisotopic (exact) mass is 465 g/mol. The van der Waals surface area contributed by atoms with Crippen molar-refractivity contribution in [3.8, 4) is 5.75 Å². The van der Waals surface area contributed by atoms with Crippen molar-refractivity contribution >= 4 is 28.5 Å². The minimum atomic E-state index is -1.13. The second-order valence-electron chi connectivity index (χ2n) is 9.41. The molecular formula is C29H27N3O3. The standard InChI is InChI=1S/C29H27N3O3/c1-4-18-12-14-19(15-13-18)23-17-31-28(34)32(20-8-7-9-21(16-20)35-3)27(33)29(31,2)26-25(23)22-10-5-6-11-24(22)30-26/h5-16,23,30H,4,17H2,1-3H3/t23?,29-/m0/s1. The highest BCUT2D eigenvalue weighted by molar-refractivity contribution is 6.23. The number of amides is 3. The quantitative estimate of drug-likeness (QED) is 0.401. The first-order valence-corrected chi connectivity index (χ1v) is 12.0. The first kappa shape index (κ1) is 21.5. The van der Waals surface area contributed by atoms with E-state index in [1.165, 1.54) is 10.5 Å². The van der Waals surface area contributed by atoms with Crippen molar-refractivity contribution in [3.63, 3.8) is 0 Å². The summed E-state index contributed by atoms with van der Waals surface area (Å²) in [5, 5.41) is 1.09. The highest BCUT2D eigenvalue weighted by atomic mass is 16.5. The number of imide groups is 1. The molecule has 35 heavy (non-hydrogen) atoms. The van der Waals surface area contributed by atoms with Gasteiger partial charge in [-0.15, -0.1) is 0 Å². The lowest BCUT2D eigenvalue weighted by molar-refractivity contribution is -0.125. The third-order valence-corrected chi connectivity index (χ3v) is 7.63. The number of urea groups is 1. The summed E-state index contributed by atoms with van der Waals surface area (Å²) in [6.45, 7) is 4.42. The molecule has 0 radical (unpaired) electrons. The molecule has 2 atom stereocenters. The van der Waals surface area contributed by atoms with E-state index in [4.69, 9.17) is 4.74 Å². The van der Waals surface area contributed by atoms with Crippen molar-refractivity contribution in [2.45, 2.75) is 31.7 Å². The highest BCUT2D eigenvalue weighted by Crippen LogP contribution is 2.50. The van der Waals surface area contributed by atoms with E-state index in [1.54, 1.807) is 36.3 Å². The number of ether oxygens (including phenoxy) is 1. The van der Waals surface area contributed by atoms with Gasteiger partial charge in [-0.1, -0.05) is 55.5 Å². The largest absolute Gasteiger partial charge is 0.497 e. The lowest BCUT2D eigenvalue weighted by Crippen LogP contribution is -2.50. The average Bonchev–Trinajstić information content (AvgIpc) is 3.38. The first-order valence-electron chi connectivity index (χ1n) is 12.0. The van der Waals surface area contributed by atoms with Gasteiger partial charge in [-0.3, -0.25) is 4.79 Å². The molecule has 176 valence electrons. The summed E-state index contributed by atoms with van der Waals surface area (Å²) in [4.78, 5) is 34.4. The van der Waals surface area contributed by atoms with E-state index in [0.29, 0.717) is 18.0 Å². The Kier molecular flexibility index (Phi) is 4.74. The maximum atomic E-state index is 14.0. The molecule has 3 aromatic carbocycles. The number of carbonyl (C=O) groups excluding carboxylic acids is 2. The molecule has 3 heterocycles. The molecule has 6 heteroatoms. The number of rotatable bonds is 4. The summed E-state index contributed by atoms with van der Waals surface area (Å²) >= 11 is 0.